The van der Waals surface area contributed by atoms with Crippen molar-refractivity contribution in [2.24, 2.45) is 0 Å². The van der Waals surface area contributed by atoms with E-state index in [-0.39, 0.29) is 5.75 Å². The van der Waals surface area contributed by atoms with E-state index in [1.54, 1.807) is 4.68 Å². The molecule has 8 heteroatoms. The van der Waals surface area contributed by atoms with Gasteiger partial charge in [0.05, 0.1) is 11.4 Å². The highest BCUT2D eigenvalue weighted by Gasteiger charge is 2.16. The van der Waals surface area contributed by atoms with Crippen LogP contribution in [0, 0.1) is 11.6 Å². The van der Waals surface area contributed by atoms with Crippen LogP contribution in [0.25, 0.3) is 17.1 Å². The Kier molecular flexibility index (Phi) is 5.85. The molecule has 0 spiro atoms. The largest absolute Gasteiger partial charge is 0.320 e. The molecule has 1 heterocycles. The molecule has 0 saturated carbocycles. The van der Waals surface area contributed by atoms with Crippen LogP contribution in [0.4, 0.5) is 14.5 Å². The van der Waals surface area contributed by atoms with Crippen molar-refractivity contribution in [2.75, 3.05) is 11.1 Å². The van der Waals surface area contributed by atoms with Gasteiger partial charge >= 0.3 is 0 Å². The number of rotatable bonds is 6. The van der Waals surface area contributed by atoms with Gasteiger partial charge in [0.25, 0.3) is 0 Å². The lowest BCUT2D eigenvalue weighted by molar-refractivity contribution is -0.113. The van der Waals surface area contributed by atoms with Crippen molar-refractivity contribution in [3.63, 3.8) is 0 Å². The summed E-state index contributed by atoms with van der Waals surface area (Å²) in [6.07, 6.45) is 0. The normalized spacial score (nSPS) is 10.7. The molecule has 1 amide bonds. The summed E-state index contributed by atoms with van der Waals surface area (Å²) < 4.78 is 29.1. The standard InChI is InChI=1S/C22H16F2N4OS/c23-17-12-7-13-18(24)20(17)25-19(29)14-30-22-26-21(15-8-3-1-4-9-15)28(27-22)16-10-5-2-6-11-16/h1-13H,14H2,(H,25,29). The Labute approximate surface area is 175 Å². The first-order valence-corrected chi connectivity index (χ1v) is 10.0. The van der Waals surface area contributed by atoms with Gasteiger partial charge in [-0.25, -0.2) is 18.4 Å². The average molecular weight is 422 g/mol. The molecule has 0 aliphatic carbocycles. The maximum absolute atomic E-state index is 13.7. The summed E-state index contributed by atoms with van der Waals surface area (Å²) in [4.78, 5) is 16.8. The van der Waals surface area contributed by atoms with Crippen LogP contribution in [0.15, 0.2) is 84.0 Å². The summed E-state index contributed by atoms with van der Waals surface area (Å²) in [6, 6.07) is 22.5. The fourth-order valence-corrected chi connectivity index (χ4v) is 3.42. The van der Waals surface area contributed by atoms with E-state index >= 15 is 0 Å². The Balaban J connectivity index is 1.55. The quantitative estimate of drug-likeness (QED) is 0.447. The predicted molar refractivity (Wildman–Crippen MR) is 113 cm³/mol. The number of aromatic nitrogens is 3. The van der Waals surface area contributed by atoms with Crippen LogP contribution in [0.1, 0.15) is 0 Å². The van der Waals surface area contributed by atoms with Gasteiger partial charge < -0.3 is 5.32 Å². The zero-order chi connectivity index (χ0) is 20.9. The first kappa shape index (κ1) is 19.8. The van der Waals surface area contributed by atoms with Gasteiger partial charge in [-0.3, -0.25) is 4.79 Å². The van der Waals surface area contributed by atoms with Crippen LogP contribution in [-0.2, 0) is 4.79 Å². The number of halogens is 2. The van der Waals surface area contributed by atoms with Gasteiger partial charge in [-0.1, -0.05) is 66.4 Å². The molecule has 150 valence electrons. The van der Waals surface area contributed by atoms with Gasteiger partial charge in [-0.15, -0.1) is 5.10 Å². The number of amides is 1. The second-order valence-corrected chi connectivity index (χ2v) is 7.21. The summed E-state index contributed by atoms with van der Waals surface area (Å²) in [5, 5.41) is 7.15. The van der Waals surface area contributed by atoms with Crippen LogP contribution in [0.3, 0.4) is 0 Å². The number of carbonyl (C=O) groups is 1. The molecule has 4 rings (SSSR count). The molecular weight excluding hydrogens is 406 g/mol. The van der Waals surface area contributed by atoms with Crippen molar-refractivity contribution < 1.29 is 13.6 Å². The van der Waals surface area contributed by atoms with Crippen molar-refractivity contribution in [2.45, 2.75) is 5.16 Å². The third kappa shape index (κ3) is 4.38. The Hall–Kier alpha value is -3.52. The number of carbonyl (C=O) groups excluding carboxylic acids is 1. The Morgan fingerprint density at radius 1 is 0.900 bits per heavy atom. The fourth-order valence-electron chi connectivity index (χ4n) is 2.80. The third-order valence-electron chi connectivity index (χ3n) is 4.18. The first-order chi connectivity index (χ1) is 14.6. The molecule has 0 atom stereocenters. The van der Waals surface area contributed by atoms with Crippen molar-refractivity contribution in [3.8, 4) is 17.1 Å². The highest BCUT2D eigenvalue weighted by atomic mass is 32.2. The lowest BCUT2D eigenvalue weighted by Crippen LogP contribution is -2.16. The van der Waals surface area contributed by atoms with Gasteiger partial charge in [0.1, 0.15) is 17.3 Å². The van der Waals surface area contributed by atoms with E-state index < -0.39 is 23.2 Å². The van der Waals surface area contributed by atoms with E-state index in [0.717, 1.165) is 35.1 Å². The monoisotopic (exact) mass is 422 g/mol. The van der Waals surface area contributed by atoms with Crippen LogP contribution >= 0.6 is 11.8 Å². The highest BCUT2D eigenvalue weighted by molar-refractivity contribution is 7.99. The summed E-state index contributed by atoms with van der Waals surface area (Å²) in [6.45, 7) is 0. The van der Waals surface area contributed by atoms with Gasteiger partial charge in [0.2, 0.25) is 11.1 Å². The second-order valence-electron chi connectivity index (χ2n) is 6.26. The maximum Gasteiger partial charge on any atom is 0.235 e. The van der Waals surface area contributed by atoms with E-state index in [2.05, 4.69) is 15.4 Å². The molecule has 0 saturated heterocycles. The molecule has 1 aromatic heterocycles. The summed E-state index contributed by atoms with van der Waals surface area (Å²) >= 11 is 1.08. The molecule has 1 N–H and O–H groups in total. The average Bonchev–Trinajstić information content (AvgIpc) is 3.21. The minimum Gasteiger partial charge on any atom is -0.320 e. The Morgan fingerprint density at radius 3 is 2.20 bits per heavy atom. The minimum absolute atomic E-state index is 0.0964. The van der Waals surface area contributed by atoms with E-state index in [0.29, 0.717) is 11.0 Å². The molecular formula is C22H16F2N4OS. The number of thioether (sulfide) groups is 1. The molecule has 0 radical (unpaired) electrons. The molecule has 0 aliphatic rings. The smallest absolute Gasteiger partial charge is 0.235 e. The van der Waals surface area contributed by atoms with E-state index in [1.165, 1.54) is 6.07 Å². The molecule has 0 unspecified atom stereocenters. The zero-order valence-electron chi connectivity index (χ0n) is 15.6. The van der Waals surface area contributed by atoms with Crippen LogP contribution in [0.2, 0.25) is 0 Å². The van der Waals surface area contributed by atoms with Gasteiger partial charge in [0.15, 0.2) is 5.82 Å². The molecule has 3 aromatic carbocycles. The molecule has 0 fully saturated rings. The number of nitrogens with zero attached hydrogens (tertiary/aromatic N) is 3. The lowest BCUT2D eigenvalue weighted by atomic mass is 10.2. The number of benzene rings is 3. The molecule has 30 heavy (non-hydrogen) atoms. The highest BCUT2D eigenvalue weighted by Crippen LogP contribution is 2.25. The number of para-hydroxylation sites is 2. The fraction of sp³-hybridized carbons (Fsp3) is 0.0455. The number of hydrogen-bond acceptors (Lipinski definition) is 4. The van der Waals surface area contributed by atoms with E-state index in [4.69, 9.17) is 0 Å². The van der Waals surface area contributed by atoms with Gasteiger partial charge in [-0.2, -0.15) is 0 Å². The SMILES string of the molecule is O=C(CSc1nc(-c2ccccc2)n(-c2ccccc2)n1)Nc1c(F)cccc1F. The Bertz CT molecular complexity index is 1090. The van der Waals surface area contributed by atoms with Crippen LogP contribution < -0.4 is 5.32 Å². The van der Waals surface area contributed by atoms with Crippen LogP contribution in [-0.4, -0.2) is 26.4 Å². The second kappa shape index (κ2) is 8.87. The first-order valence-electron chi connectivity index (χ1n) is 9.06. The van der Waals surface area contributed by atoms with E-state index in [9.17, 15) is 13.6 Å². The van der Waals surface area contributed by atoms with E-state index in [1.807, 2.05) is 60.7 Å². The zero-order valence-corrected chi connectivity index (χ0v) is 16.4. The number of nitrogens with one attached hydrogen (secondary N) is 1. The number of hydrogen-bond donors (Lipinski definition) is 1. The maximum atomic E-state index is 13.7. The van der Waals surface area contributed by atoms with Crippen molar-refractivity contribution in [3.05, 3.63) is 90.5 Å². The number of anilines is 1. The molecule has 0 bridgehead atoms. The molecule has 5 nitrogen and oxygen atoms in total. The lowest BCUT2D eigenvalue weighted by Gasteiger charge is -2.06. The van der Waals surface area contributed by atoms with Crippen molar-refractivity contribution in [1.82, 2.24) is 14.8 Å². The van der Waals surface area contributed by atoms with Gasteiger partial charge in [0, 0.05) is 5.56 Å². The Morgan fingerprint density at radius 2 is 1.53 bits per heavy atom. The minimum atomic E-state index is -0.828. The summed E-state index contributed by atoms with van der Waals surface area (Å²) in [7, 11) is 0. The summed E-state index contributed by atoms with van der Waals surface area (Å²) in [5.74, 6) is -1.68. The van der Waals surface area contributed by atoms with Crippen molar-refractivity contribution >= 4 is 23.4 Å². The topological polar surface area (TPSA) is 59.8 Å². The van der Waals surface area contributed by atoms with Gasteiger partial charge in [-0.05, 0) is 24.3 Å². The third-order valence-corrected chi connectivity index (χ3v) is 5.02. The summed E-state index contributed by atoms with van der Waals surface area (Å²) in [5.41, 5.74) is 1.24. The molecule has 0 aliphatic heterocycles. The molecule has 4 aromatic rings. The van der Waals surface area contributed by atoms with Crippen molar-refractivity contribution in [1.29, 1.82) is 0 Å². The van der Waals surface area contributed by atoms with Crippen LogP contribution in [0.5, 0.6) is 0 Å². The predicted octanol–water partition coefficient (Wildman–Crippen LogP) is 4.94.